The minimum Gasteiger partial charge on any atom is -0.461 e. The zero-order valence-electron chi connectivity index (χ0n) is 12.3. The maximum Gasteiger partial charge on any atom is 0.356 e. The van der Waals surface area contributed by atoms with E-state index >= 15 is 0 Å². The van der Waals surface area contributed by atoms with Crippen molar-refractivity contribution in [2.45, 2.75) is 33.2 Å². The molecule has 0 bridgehead atoms. The second-order valence-electron chi connectivity index (χ2n) is 4.78. The Morgan fingerprint density at radius 1 is 1.29 bits per heavy atom. The number of aryl methyl sites for hydroxylation is 1. The topological polar surface area (TPSA) is 44.1 Å². The summed E-state index contributed by atoms with van der Waals surface area (Å²) in [5, 5.41) is 4.53. The summed E-state index contributed by atoms with van der Waals surface area (Å²) >= 11 is 3.42. The lowest BCUT2D eigenvalue weighted by Gasteiger charge is -2.07. The smallest absolute Gasteiger partial charge is 0.356 e. The Morgan fingerprint density at radius 3 is 2.62 bits per heavy atom. The van der Waals surface area contributed by atoms with Crippen molar-refractivity contribution in [3.8, 4) is 0 Å². The number of nitrogens with zero attached hydrogens (tertiary/aromatic N) is 2. The molecule has 0 radical (unpaired) electrons. The number of halogens is 1. The average Bonchev–Trinajstić information content (AvgIpc) is 2.85. The highest BCUT2D eigenvalue weighted by Crippen LogP contribution is 2.14. The molecular formula is C16H19BrN2O2. The van der Waals surface area contributed by atoms with Crippen molar-refractivity contribution in [3.05, 3.63) is 51.8 Å². The number of carbonyl (C=O) groups excluding carboxylic acids is 1. The van der Waals surface area contributed by atoms with Crippen LogP contribution in [0.2, 0.25) is 0 Å². The highest BCUT2D eigenvalue weighted by molar-refractivity contribution is 9.10. The third-order valence-corrected chi connectivity index (χ3v) is 3.60. The van der Waals surface area contributed by atoms with Gasteiger partial charge in [-0.15, -0.1) is 0 Å². The number of hydrogen-bond acceptors (Lipinski definition) is 3. The summed E-state index contributed by atoms with van der Waals surface area (Å²) < 4.78 is 7.87. The van der Waals surface area contributed by atoms with Crippen LogP contribution in [0.4, 0.5) is 0 Å². The molecule has 1 heterocycles. The molecule has 21 heavy (non-hydrogen) atoms. The predicted molar refractivity (Wildman–Crippen MR) is 85.4 cm³/mol. The monoisotopic (exact) mass is 350 g/mol. The van der Waals surface area contributed by atoms with Gasteiger partial charge in [0.2, 0.25) is 0 Å². The van der Waals surface area contributed by atoms with Gasteiger partial charge in [-0.2, -0.15) is 5.10 Å². The molecule has 1 aromatic heterocycles. The second kappa shape index (κ2) is 7.41. The van der Waals surface area contributed by atoms with Crippen LogP contribution >= 0.6 is 15.9 Å². The highest BCUT2D eigenvalue weighted by atomic mass is 79.9. The number of esters is 1. The summed E-state index contributed by atoms with van der Waals surface area (Å²) in [6.45, 7) is 4.83. The fourth-order valence-electron chi connectivity index (χ4n) is 2.10. The van der Waals surface area contributed by atoms with Crippen molar-refractivity contribution in [1.82, 2.24) is 9.78 Å². The number of ether oxygens (including phenoxy) is 1. The molecule has 2 rings (SSSR count). The van der Waals surface area contributed by atoms with Crippen LogP contribution in [0.5, 0.6) is 0 Å². The summed E-state index contributed by atoms with van der Waals surface area (Å²) in [6.07, 6.45) is 1.86. The van der Waals surface area contributed by atoms with Gasteiger partial charge in [-0.3, -0.25) is 4.68 Å². The van der Waals surface area contributed by atoms with E-state index in [9.17, 15) is 4.79 Å². The van der Waals surface area contributed by atoms with Gasteiger partial charge < -0.3 is 4.74 Å². The van der Waals surface area contributed by atoms with E-state index in [-0.39, 0.29) is 5.97 Å². The molecule has 112 valence electrons. The van der Waals surface area contributed by atoms with Crippen LogP contribution in [-0.4, -0.2) is 22.4 Å². The van der Waals surface area contributed by atoms with Crippen LogP contribution in [-0.2, 0) is 17.7 Å². The molecular weight excluding hydrogens is 332 g/mol. The zero-order chi connectivity index (χ0) is 15.2. The first-order chi connectivity index (χ1) is 10.1. The first kappa shape index (κ1) is 15.8. The van der Waals surface area contributed by atoms with E-state index < -0.39 is 0 Å². The molecule has 0 N–H and O–H groups in total. The van der Waals surface area contributed by atoms with Crippen molar-refractivity contribution < 1.29 is 9.53 Å². The Labute approximate surface area is 133 Å². The van der Waals surface area contributed by atoms with Gasteiger partial charge in [0.25, 0.3) is 0 Å². The number of carbonyl (C=O) groups is 1. The first-order valence-electron chi connectivity index (χ1n) is 7.12. The van der Waals surface area contributed by atoms with E-state index in [1.807, 2.05) is 30.3 Å². The maximum absolute atomic E-state index is 12.0. The number of hydrogen-bond donors (Lipinski definition) is 0. The van der Waals surface area contributed by atoms with Gasteiger partial charge in [-0.1, -0.05) is 41.4 Å². The van der Waals surface area contributed by atoms with E-state index in [0.29, 0.717) is 18.8 Å². The Kier molecular flexibility index (Phi) is 5.56. The van der Waals surface area contributed by atoms with Gasteiger partial charge in [-0.25, -0.2) is 4.79 Å². The summed E-state index contributed by atoms with van der Waals surface area (Å²) in [4.78, 5) is 12.0. The normalized spacial score (nSPS) is 10.6. The Morgan fingerprint density at radius 2 is 2.00 bits per heavy atom. The van der Waals surface area contributed by atoms with Gasteiger partial charge in [0.1, 0.15) is 5.69 Å². The summed E-state index contributed by atoms with van der Waals surface area (Å²) in [5.74, 6) is -0.315. The number of benzene rings is 1. The van der Waals surface area contributed by atoms with Crippen LogP contribution in [0, 0.1) is 0 Å². The lowest BCUT2D eigenvalue weighted by atomic mass is 10.2. The van der Waals surface area contributed by atoms with E-state index in [0.717, 1.165) is 28.6 Å². The van der Waals surface area contributed by atoms with Gasteiger partial charge in [0, 0.05) is 4.47 Å². The molecule has 4 nitrogen and oxygen atoms in total. The van der Waals surface area contributed by atoms with Crippen LogP contribution in [0.15, 0.2) is 34.8 Å². The lowest BCUT2D eigenvalue weighted by Crippen LogP contribution is -2.14. The lowest BCUT2D eigenvalue weighted by molar-refractivity contribution is 0.0512. The molecule has 5 heteroatoms. The summed E-state index contributed by atoms with van der Waals surface area (Å²) in [6, 6.07) is 9.83. The molecule has 0 aliphatic rings. The molecule has 0 saturated carbocycles. The van der Waals surface area contributed by atoms with Crippen molar-refractivity contribution >= 4 is 21.9 Å². The molecule has 0 atom stereocenters. The molecule has 0 aliphatic heterocycles. The van der Waals surface area contributed by atoms with E-state index in [4.69, 9.17) is 4.74 Å². The summed E-state index contributed by atoms with van der Waals surface area (Å²) in [7, 11) is 0. The van der Waals surface area contributed by atoms with Gasteiger partial charge >= 0.3 is 5.97 Å². The molecule has 0 unspecified atom stereocenters. The van der Waals surface area contributed by atoms with Crippen LogP contribution < -0.4 is 0 Å². The average molecular weight is 351 g/mol. The molecule has 0 spiro atoms. The van der Waals surface area contributed by atoms with Gasteiger partial charge in [-0.05, 0) is 37.1 Å². The van der Waals surface area contributed by atoms with E-state index in [1.54, 1.807) is 11.6 Å². The molecule has 0 amide bonds. The molecule has 0 aliphatic carbocycles. The quantitative estimate of drug-likeness (QED) is 0.743. The van der Waals surface area contributed by atoms with Crippen molar-refractivity contribution in [1.29, 1.82) is 0 Å². The van der Waals surface area contributed by atoms with Gasteiger partial charge in [0.15, 0.2) is 0 Å². The Bertz CT molecular complexity index is 605. The molecule has 0 fully saturated rings. The third kappa shape index (κ3) is 4.17. The van der Waals surface area contributed by atoms with Crippen molar-refractivity contribution in [3.63, 3.8) is 0 Å². The van der Waals surface area contributed by atoms with E-state index in [2.05, 4.69) is 28.0 Å². The van der Waals surface area contributed by atoms with Crippen molar-refractivity contribution in [2.24, 2.45) is 0 Å². The van der Waals surface area contributed by atoms with Crippen LogP contribution in [0.3, 0.4) is 0 Å². The second-order valence-corrected chi connectivity index (χ2v) is 5.69. The standard InChI is InChI=1S/C16H19BrN2O2/c1-3-5-14-10-15(16(20)21-4-2)19(18-14)11-12-6-8-13(17)9-7-12/h6-10H,3-5,11H2,1-2H3. The molecule has 1 aromatic carbocycles. The SMILES string of the molecule is CCCc1cc(C(=O)OCC)n(Cc2ccc(Br)cc2)n1. The minimum absolute atomic E-state index is 0.315. The predicted octanol–water partition coefficient (Wildman–Crippen LogP) is 3.82. The third-order valence-electron chi connectivity index (χ3n) is 3.07. The molecule has 2 aromatic rings. The minimum atomic E-state index is -0.315. The van der Waals surface area contributed by atoms with Gasteiger partial charge in [0.05, 0.1) is 18.8 Å². The maximum atomic E-state index is 12.0. The van der Waals surface area contributed by atoms with Crippen LogP contribution in [0.1, 0.15) is 42.0 Å². The Hall–Kier alpha value is -1.62. The number of rotatable bonds is 6. The fourth-order valence-corrected chi connectivity index (χ4v) is 2.37. The highest BCUT2D eigenvalue weighted by Gasteiger charge is 2.16. The Balaban J connectivity index is 2.27. The summed E-state index contributed by atoms with van der Waals surface area (Å²) in [5.41, 5.74) is 2.54. The first-order valence-corrected chi connectivity index (χ1v) is 7.91. The fraction of sp³-hybridized carbons (Fsp3) is 0.375. The zero-order valence-corrected chi connectivity index (χ0v) is 13.9. The largest absolute Gasteiger partial charge is 0.461 e. The van der Waals surface area contributed by atoms with Crippen molar-refractivity contribution in [2.75, 3.05) is 6.61 Å². The van der Waals surface area contributed by atoms with E-state index in [1.165, 1.54) is 0 Å². The number of aromatic nitrogens is 2. The molecule has 0 saturated heterocycles. The van der Waals surface area contributed by atoms with Crippen LogP contribution in [0.25, 0.3) is 0 Å².